The molecule has 27 heavy (non-hydrogen) atoms. The average molecular weight is 390 g/mol. The minimum atomic E-state index is -0.492. The van der Waals surface area contributed by atoms with Crippen LogP contribution in [0.5, 0.6) is 5.75 Å². The number of nitrogens with zero attached hydrogens (tertiary/aromatic N) is 2. The summed E-state index contributed by atoms with van der Waals surface area (Å²) in [5, 5.41) is 11.7. The fourth-order valence-electron chi connectivity index (χ4n) is 3.47. The predicted molar refractivity (Wildman–Crippen MR) is 107 cm³/mol. The van der Waals surface area contributed by atoms with Crippen molar-refractivity contribution in [2.24, 2.45) is 5.92 Å². The molecule has 1 saturated heterocycles. The lowest BCUT2D eigenvalue weighted by molar-refractivity contribution is -0.384. The second-order valence-corrected chi connectivity index (χ2v) is 7.35. The summed E-state index contributed by atoms with van der Waals surface area (Å²) >= 11 is 5.94. The van der Waals surface area contributed by atoms with Gasteiger partial charge in [0.15, 0.2) is 5.69 Å². The summed E-state index contributed by atoms with van der Waals surface area (Å²) < 4.78 is 5.68. The summed E-state index contributed by atoms with van der Waals surface area (Å²) in [5.41, 5.74) is 7.12. The van der Waals surface area contributed by atoms with Gasteiger partial charge in [0.25, 0.3) is 5.69 Å². The van der Waals surface area contributed by atoms with E-state index in [0.29, 0.717) is 18.3 Å². The molecule has 2 N–H and O–H groups in total. The Kier molecular flexibility index (Phi) is 6.53. The molecular formula is C20H24ClN3O3. The van der Waals surface area contributed by atoms with Crippen LogP contribution in [0.4, 0.5) is 11.4 Å². The molecule has 2 aromatic carbocycles. The first-order valence-corrected chi connectivity index (χ1v) is 9.53. The van der Waals surface area contributed by atoms with Gasteiger partial charge in [0, 0.05) is 17.6 Å². The van der Waals surface area contributed by atoms with Crippen molar-refractivity contribution >= 4 is 23.0 Å². The van der Waals surface area contributed by atoms with E-state index >= 15 is 0 Å². The van der Waals surface area contributed by atoms with Crippen LogP contribution in [0.3, 0.4) is 0 Å². The van der Waals surface area contributed by atoms with Crippen molar-refractivity contribution < 1.29 is 9.66 Å². The third kappa shape index (κ3) is 5.34. The standard InChI is InChI=1S/C20H24ClN3O3/c21-17-6-4-15(5-7-17)14-16-8-10-23(11-9-16)12-13-27-19-3-1-2-18(20(19)22)24(25)26/h1-7,16H,8-14,22H2. The number of rotatable bonds is 7. The summed E-state index contributed by atoms with van der Waals surface area (Å²) in [5.74, 6) is 1.07. The number of nitro groups is 1. The Labute approximate surface area is 164 Å². The minimum absolute atomic E-state index is 0.0872. The zero-order chi connectivity index (χ0) is 19.2. The Morgan fingerprint density at radius 1 is 1.19 bits per heavy atom. The summed E-state index contributed by atoms with van der Waals surface area (Å²) in [4.78, 5) is 12.8. The van der Waals surface area contributed by atoms with Crippen LogP contribution in [-0.4, -0.2) is 36.1 Å². The van der Waals surface area contributed by atoms with Gasteiger partial charge in [-0.15, -0.1) is 0 Å². The topological polar surface area (TPSA) is 81.6 Å². The number of nitro benzene ring substituents is 1. The number of para-hydroxylation sites is 1. The number of hydrogen-bond donors (Lipinski definition) is 1. The van der Waals surface area contributed by atoms with Gasteiger partial charge < -0.3 is 10.5 Å². The Bertz CT molecular complexity index is 775. The molecule has 6 nitrogen and oxygen atoms in total. The molecule has 0 aliphatic carbocycles. The lowest BCUT2D eigenvalue weighted by Crippen LogP contribution is -2.37. The molecule has 1 heterocycles. The smallest absolute Gasteiger partial charge is 0.295 e. The molecule has 1 aliphatic heterocycles. The van der Waals surface area contributed by atoms with Crippen molar-refractivity contribution in [3.05, 3.63) is 63.2 Å². The van der Waals surface area contributed by atoms with Crippen LogP contribution < -0.4 is 10.5 Å². The van der Waals surface area contributed by atoms with Crippen LogP contribution in [0, 0.1) is 16.0 Å². The van der Waals surface area contributed by atoms with Crippen molar-refractivity contribution in [2.75, 3.05) is 32.0 Å². The lowest BCUT2D eigenvalue weighted by atomic mass is 9.90. The second kappa shape index (κ2) is 9.06. The van der Waals surface area contributed by atoms with Gasteiger partial charge in [0.1, 0.15) is 12.4 Å². The van der Waals surface area contributed by atoms with E-state index in [4.69, 9.17) is 22.1 Å². The average Bonchev–Trinajstić information content (AvgIpc) is 2.66. The second-order valence-electron chi connectivity index (χ2n) is 6.91. The third-order valence-electron chi connectivity index (χ3n) is 5.05. The highest BCUT2D eigenvalue weighted by atomic mass is 35.5. The van der Waals surface area contributed by atoms with E-state index in [-0.39, 0.29) is 11.4 Å². The zero-order valence-electron chi connectivity index (χ0n) is 15.1. The summed E-state index contributed by atoms with van der Waals surface area (Å²) in [6, 6.07) is 12.7. The summed E-state index contributed by atoms with van der Waals surface area (Å²) in [6.07, 6.45) is 3.40. The Morgan fingerprint density at radius 3 is 2.56 bits per heavy atom. The highest BCUT2D eigenvalue weighted by molar-refractivity contribution is 6.30. The first-order valence-electron chi connectivity index (χ1n) is 9.15. The largest absolute Gasteiger partial charge is 0.490 e. The predicted octanol–water partition coefficient (Wildman–Crippen LogP) is 4.16. The van der Waals surface area contributed by atoms with Gasteiger partial charge >= 0.3 is 0 Å². The van der Waals surface area contributed by atoms with E-state index in [2.05, 4.69) is 17.0 Å². The Balaban J connectivity index is 1.42. The summed E-state index contributed by atoms with van der Waals surface area (Å²) in [7, 11) is 0. The molecule has 0 amide bonds. The molecule has 7 heteroatoms. The lowest BCUT2D eigenvalue weighted by Gasteiger charge is -2.32. The van der Waals surface area contributed by atoms with Gasteiger partial charge in [-0.3, -0.25) is 15.0 Å². The summed E-state index contributed by atoms with van der Waals surface area (Å²) in [6.45, 7) is 3.32. The van der Waals surface area contributed by atoms with Gasteiger partial charge in [0.05, 0.1) is 4.92 Å². The van der Waals surface area contributed by atoms with Gasteiger partial charge in [-0.1, -0.05) is 29.8 Å². The van der Waals surface area contributed by atoms with Crippen molar-refractivity contribution in [1.82, 2.24) is 4.90 Å². The molecule has 2 aromatic rings. The molecule has 0 saturated carbocycles. The number of nitrogens with two attached hydrogens (primary N) is 1. The number of hydrogen-bond acceptors (Lipinski definition) is 5. The maximum Gasteiger partial charge on any atom is 0.295 e. The van der Waals surface area contributed by atoms with E-state index in [0.717, 1.165) is 43.9 Å². The van der Waals surface area contributed by atoms with Crippen LogP contribution in [0.1, 0.15) is 18.4 Å². The third-order valence-corrected chi connectivity index (χ3v) is 5.30. The van der Waals surface area contributed by atoms with Crippen LogP contribution in [0.2, 0.25) is 5.02 Å². The quantitative estimate of drug-likeness (QED) is 0.436. The maximum atomic E-state index is 10.9. The normalized spacial score (nSPS) is 15.6. The monoisotopic (exact) mass is 389 g/mol. The molecule has 1 fully saturated rings. The zero-order valence-corrected chi connectivity index (χ0v) is 15.9. The number of benzene rings is 2. The van der Waals surface area contributed by atoms with Gasteiger partial charge in [0.2, 0.25) is 0 Å². The van der Waals surface area contributed by atoms with E-state index in [1.807, 2.05) is 12.1 Å². The van der Waals surface area contributed by atoms with Gasteiger partial charge in [-0.25, -0.2) is 0 Å². The first kappa shape index (κ1) is 19.5. The molecule has 0 bridgehead atoms. The number of piperidine rings is 1. The molecule has 0 spiro atoms. The molecular weight excluding hydrogens is 366 g/mol. The van der Waals surface area contributed by atoms with E-state index in [9.17, 15) is 10.1 Å². The maximum absolute atomic E-state index is 10.9. The molecule has 0 radical (unpaired) electrons. The van der Waals surface area contributed by atoms with E-state index in [1.165, 1.54) is 11.6 Å². The number of nitrogen functional groups attached to an aromatic ring is 1. The highest BCUT2D eigenvalue weighted by Gasteiger charge is 2.20. The van der Waals surface area contributed by atoms with E-state index < -0.39 is 4.92 Å². The van der Waals surface area contributed by atoms with E-state index in [1.54, 1.807) is 12.1 Å². The van der Waals surface area contributed by atoms with Gasteiger partial charge in [-0.2, -0.15) is 0 Å². The van der Waals surface area contributed by atoms with Crippen molar-refractivity contribution in [1.29, 1.82) is 0 Å². The first-order chi connectivity index (χ1) is 13.0. The molecule has 1 aliphatic rings. The Hall–Kier alpha value is -2.31. The fourth-order valence-corrected chi connectivity index (χ4v) is 3.60. The van der Waals surface area contributed by atoms with Crippen LogP contribution in [0.25, 0.3) is 0 Å². The Morgan fingerprint density at radius 2 is 1.89 bits per heavy atom. The minimum Gasteiger partial charge on any atom is -0.490 e. The number of likely N-dealkylation sites (tertiary alicyclic amines) is 1. The molecule has 144 valence electrons. The number of ether oxygens (including phenoxy) is 1. The number of anilines is 1. The molecule has 3 rings (SSSR count). The molecule has 0 unspecified atom stereocenters. The molecule has 0 aromatic heterocycles. The number of halogens is 1. The van der Waals surface area contributed by atoms with Crippen LogP contribution >= 0.6 is 11.6 Å². The van der Waals surface area contributed by atoms with Crippen molar-refractivity contribution in [2.45, 2.75) is 19.3 Å². The van der Waals surface area contributed by atoms with Crippen LogP contribution in [0.15, 0.2) is 42.5 Å². The fraction of sp³-hybridized carbons (Fsp3) is 0.400. The van der Waals surface area contributed by atoms with Gasteiger partial charge in [-0.05, 0) is 62.0 Å². The van der Waals surface area contributed by atoms with Crippen molar-refractivity contribution in [3.63, 3.8) is 0 Å². The highest BCUT2D eigenvalue weighted by Crippen LogP contribution is 2.31. The SMILES string of the molecule is Nc1c(OCCN2CCC(Cc3ccc(Cl)cc3)CC2)cccc1[N+](=O)[O-]. The molecule has 0 atom stereocenters. The van der Waals surface area contributed by atoms with Crippen LogP contribution in [-0.2, 0) is 6.42 Å². The van der Waals surface area contributed by atoms with Crippen molar-refractivity contribution in [3.8, 4) is 5.75 Å².